The summed E-state index contributed by atoms with van der Waals surface area (Å²) in [6, 6.07) is 13.0. The van der Waals surface area contributed by atoms with E-state index in [1.165, 1.54) is 0 Å². The van der Waals surface area contributed by atoms with Crippen LogP contribution >= 0.6 is 0 Å². The van der Waals surface area contributed by atoms with E-state index in [2.05, 4.69) is 36.9 Å². The average Bonchev–Trinajstić information content (AvgIpc) is 3.60. The molecule has 1 saturated heterocycles. The molecule has 0 spiro atoms. The fourth-order valence-electron chi connectivity index (χ4n) is 4.43. The highest BCUT2D eigenvalue weighted by Gasteiger charge is 2.23. The summed E-state index contributed by atoms with van der Waals surface area (Å²) in [5, 5.41) is 19.0. The zero-order chi connectivity index (χ0) is 26.9. The highest BCUT2D eigenvalue weighted by molar-refractivity contribution is 5.97. The van der Waals surface area contributed by atoms with Crippen molar-refractivity contribution in [3.63, 3.8) is 0 Å². The maximum Gasteiger partial charge on any atom is 0.255 e. The Labute approximate surface area is 223 Å². The van der Waals surface area contributed by atoms with Crippen LogP contribution in [0, 0.1) is 0 Å². The molecule has 0 N–H and O–H groups in total. The zero-order valence-electron chi connectivity index (χ0n) is 21.6. The van der Waals surface area contributed by atoms with Gasteiger partial charge >= 0.3 is 0 Å². The molecular weight excluding hydrogens is 500 g/mol. The number of pyridine rings is 1. The van der Waals surface area contributed by atoms with E-state index in [-0.39, 0.29) is 19.1 Å². The third-order valence-corrected chi connectivity index (χ3v) is 6.64. The van der Waals surface area contributed by atoms with Gasteiger partial charge in [-0.3, -0.25) is 9.78 Å². The van der Waals surface area contributed by atoms with Crippen molar-refractivity contribution in [2.24, 2.45) is 0 Å². The summed E-state index contributed by atoms with van der Waals surface area (Å²) in [6.07, 6.45) is 1.58. The first kappa shape index (κ1) is 24.5. The number of carbonyl (C=O) groups excluding carboxylic acids is 1. The fourth-order valence-corrected chi connectivity index (χ4v) is 4.43. The number of carbonyl (C=O) groups is 1. The Kier molecular flexibility index (Phi) is 6.37. The molecule has 1 aromatic carbocycles. The normalized spacial score (nSPS) is 13.9. The minimum absolute atomic E-state index is 0.0658. The number of likely N-dealkylation sites (N-methyl/N-ethyl adjacent to an activating group) is 1. The Hall–Kier alpha value is -4.84. The van der Waals surface area contributed by atoms with Crippen LogP contribution in [-0.4, -0.2) is 79.5 Å². The van der Waals surface area contributed by atoms with Crippen molar-refractivity contribution in [3.8, 4) is 17.4 Å². The van der Waals surface area contributed by atoms with Gasteiger partial charge in [-0.25, -0.2) is 0 Å². The van der Waals surface area contributed by atoms with E-state index in [4.69, 9.17) is 14.0 Å². The number of methoxy groups -OCH3 is 1. The molecule has 0 atom stereocenters. The largest absolute Gasteiger partial charge is 0.470 e. The number of rotatable bonds is 7. The number of benzene rings is 1. The summed E-state index contributed by atoms with van der Waals surface area (Å²) in [7, 11) is 3.56. The lowest BCUT2D eigenvalue weighted by Gasteiger charge is -2.35. The van der Waals surface area contributed by atoms with Crippen molar-refractivity contribution in [1.82, 2.24) is 39.8 Å². The Morgan fingerprint density at radius 3 is 2.72 bits per heavy atom. The highest BCUT2D eigenvalue weighted by Crippen LogP contribution is 2.29. The predicted molar refractivity (Wildman–Crippen MR) is 141 cm³/mol. The van der Waals surface area contributed by atoms with Gasteiger partial charge in [-0.05, 0) is 18.2 Å². The van der Waals surface area contributed by atoms with Crippen molar-refractivity contribution in [1.29, 1.82) is 0 Å². The summed E-state index contributed by atoms with van der Waals surface area (Å²) in [5.74, 6) is 1.30. The summed E-state index contributed by atoms with van der Waals surface area (Å²) in [6.45, 7) is 6.38. The zero-order valence-corrected chi connectivity index (χ0v) is 21.6. The number of hydrogen-bond acceptors (Lipinski definition) is 10. The molecule has 39 heavy (non-hydrogen) atoms. The van der Waals surface area contributed by atoms with Crippen LogP contribution in [0.25, 0.3) is 27.9 Å². The molecule has 6 rings (SSSR count). The van der Waals surface area contributed by atoms with E-state index < -0.39 is 0 Å². The second kappa shape index (κ2) is 10.1. The van der Waals surface area contributed by atoms with Crippen LogP contribution in [0.15, 0.2) is 65.5 Å². The maximum atomic E-state index is 12.9. The topological polar surface area (TPSA) is 124 Å². The molecule has 12 heteroatoms. The van der Waals surface area contributed by atoms with E-state index in [0.717, 1.165) is 23.0 Å². The van der Waals surface area contributed by atoms with Crippen molar-refractivity contribution < 1.29 is 18.8 Å². The standard InChI is InChI=1S/C27H26N8O4/c1-17-14-34(11-10-33(17)2)27(36)18-8-9-19(28-13-18)15-38-26-22-7-5-4-6-21(22)24-29-30-25(35(24)31-26)23-12-20(16-37-3)39-32-23/h4-9,12-13H,1,10-11,14-16H2,2-3H3. The molecule has 12 nitrogen and oxygen atoms in total. The van der Waals surface area contributed by atoms with Crippen LogP contribution in [0.5, 0.6) is 5.88 Å². The highest BCUT2D eigenvalue weighted by atomic mass is 16.5. The molecule has 4 aromatic heterocycles. The van der Waals surface area contributed by atoms with Gasteiger partial charge in [0, 0.05) is 56.0 Å². The van der Waals surface area contributed by atoms with Crippen LogP contribution in [-0.2, 0) is 18.0 Å². The van der Waals surface area contributed by atoms with Crippen molar-refractivity contribution >= 4 is 22.3 Å². The van der Waals surface area contributed by atoms with E-state index >= 15 is 0 Å². The number of ether oxygens (including phenoxy) is 2. The quantitative estimate of drug-likeness (QED) is 0.313. The second-order valence-corrected chi connectivity index (χ2v) is 9.26. The van der Waals surface area contributed by atoms with Crippen molar-refractivity contribution in [2.75, 3.05) is 33.8 Å². The lowest BCUT2D eigenvalue weighted by Crippen LogP contribution is -2.45. The number of hydrogen-bond donors (Lipinski definition) is 0. The molecule has 1 fully saturated rings. The van der Waals surface area contributed by atoms with Crippen molar-refractivity contribution in [2.45, 2.75) is 13.2 Å². The summed E-state index contributed by atoms with van der Waals surface area (Å²) in [4.78, 5) is 21.2. The van der Waals surface area contributed by atoms with Gasteiger partial charge < -0.3 is 23.8 Å². The number of amides is 1. The SMILES string of the molecule is C=C1CN(C(=O)c2ccc(COc3nn4c(-c5cc(COC)on5)nnc4c4ccccc34)nc2)CCN1C. The van der Waals surface area contributed by atoms with E-state index in [1.807, 2.05) is 31.3 Å². The predicted octanol–water partition coefficient (Wildman–Crippen LogP) is 2.95. The van der Waals surface area contributed by atoms with Gasteiger partial charge in [0.2, 0.25) is 11.7 Å². The lowest BCUT2D eigenvalue weighted by molar-refractivity contribution is 0.0713. The van der Waals surface area contributed by atoms with E-state index in [9.17, 15) is 4.79 Å². The number of nitrogens with zero attached hydrogens (tertiary/aromatic N) is 8. The van der Waals surface area contributed by atoms with Crippen LogP contribution < -0.4 is 4.74 Å². The van der Waals surface area contributed by atoms with Gasteiger partial charge in [-0.2, -0.15) is 4.52 Å². The third-order valence-electron chi connectivity index (χ3n) is 6.64. The van der Waals surface area contributed by atoms with E-state index in [1.54, 1.807) is 40.9 Å². The maximum absolute atomic E-state index is 12.9. The lowest BCUT2D eigenvalue weighted by atomic mass is 10.2. The Morgan fingerprint density at radius 1 is 1.10 bits per heavy atom. The molecule has 0 bridgehead atoms. The summed E-state index contributed by atoms with van der Waals surface area (Å²) < 4.78 is 18.2. The first-order chi connectivity index (χ1) is 19.0. The average molecular weight is 527 g/mol. The van der Waals surface area contributed by atoms with Crippen molar-refractivity contribution in [3.05, 3.63) is 78.0 Å². The molecule has 1 aliphatic heterocycles. The van der Waals surface area contributed by atoms with Crippen LogP contribution in [0.4, 0.5) is 0 Å². The van der Waals surface area contributed by atoms with Gasteiger partial charge in [0.05, 0.1) is 17.8 Å². The smallest absolute Gasteiger partial charge is 0.255 e. The fraction of sp³-hybridized carbons (Fsp3) is 0.259. The molecule has 0 unspecified atom stereocenters. The molecule has 1 amide bonds. The first-order valence-corrected chi connectivity index (χ1v) is 12.4. The van der Waals surface area contributed by atoms with Gasteiger partial charge in [0.15, 0.2) is 17.1 Å². The minimum Gasteiger partial charge on any atom is -0.470 e. The third kappa shape index (κ3) is 4.66. The molecule has 0 radical (unpaired) electrons. The van der Waals surface area contributed by atoms with Gasteiger partial charge in [0.25, 0.3) is 5.91 Å². The Bertz CT molecular complexity index is 1680. The van der Waals surface area contributed by atoms with Gasteiger partial charge in [0.1, 0.15) is 13.2 Å². The molecular formula is C27H26N8O4. The monoisotopic (exact) mass is 526 g/mol. The summed E-state index contributed by atoms with van der Waals surface area (Å²) >= 11 is 0. The summed E-state index contributed by atoms with van der Waals surface area (Å²) in [5.41, 5.74) is 3.14. The molecule has 0 aliphatic carbocycles. The molecule has 198 valence electrons. The minimum atomic E-state index is -0.0658. The number of piperazine rings is 1. The van der Waals surface area contributed by atoms with E-state index in [0.29, 0.717) is 53.2 Å². The molecule has 5 aromatic rings. The Balaban J connectivity index is 1.24. The number of aromatic nitrogens is 6. The molecule has 5 heterocycles. The van der Waals surface area contributed by atoms with Crippen LogP contribution in [0.3, 0.4) is 0 Å². The number of fused-ring (bicyclic) bond motifs is 3. The molecule has 1 aliphatic rings. The van der Waals surface area contributed by atoms with Crippen LogP contribution in [0.1, 0.15) is 21.8 Å². The second-order valence-electron chi connectivity index (χ2n) is 9.26. The Morgan fingerprint density at radius 2 is 1.95 bits per heavy atom. The van der Waals surface area contributed by atoms with Gasteiger partial charge in [-0.15, -0.1) is 15.3 Å². The first-order valence-electron chi connectivity index (χ1n) is 12.4. The van der Waals surface area contributed by atoms with Gasteiger partial charge in [-0.1, -0.05) is 29.9 Å². The molecule has 0 saturated carbocycles. The van der Waals surface area contributed by atoms with Crippen LogP contribution in [0.2, 0.25) is 0 Å².